The van der Waals surface area contributed by atoms with E-state index in [0.29, 0.717) is 6.54 Å². The fourth-order valence-corrected chi connectivity index (χ4v) is 1.50. The summed E-state index contributed by atoms with van der Waals surface area (Å²) in [5, 5.41) is 7.59. The quantitative estimate of drug-likeness (QED) is 0.777. The molecule has 0 amide bonds. The van der Waals surface area contributed by atoms with Crippen LogP contribution in [0, 0.1) is 19.3 Å². The lowest BCUT2D eigenvalue weighted by Gasteiger charge is -2.19. The molecular weight excluding hydrogens is 202 g/mol. The largest absolute Gasteiger partial charge is 0.481 e. The molecule has 1 aromatic heterocycles. The Balaban J connectivity index is 2.86. The predicted molar refractivity (Wildman–Crippen MR) is 64.2 cm³/mol. The van der Waals surface area contributed by atoms with E-state index >= 15 is 0 Å². The second-order valence-corrected chi connectivity index (χ2v) is 4.32. The first-order valence-electron chi connectivity index (χ1n) is 5.20. The Morgan fingerprint density at radius 1 is 1.56 bits per heavy atom. The molecule has 1 aromatic rings. The van der Waals surface area contributed by atoms with Gasteiger partial charge in [0.2, 0.25) is 5.88 Å². The highest BCUT2D eigenvalue weighted by Crippen LogP contribution is 2.21. The van der Waals surface area contributed by atoms with Crippen molar-refractivity contribution in [2.45, 2.75) is 32.9 Å². The van der Waals surface area contributed by atoms with Crippen LogP contribution in [0.15, 0.2) is 0 Å². The molecule has 0 aromatic carbocycles. The highest BCUT2D eigenvalue weighted by Gasteiger charge is 2.18. The van der Waals surface area contributed by atoms with Crippen molar-refractivity contribution in [1.29, 1.82) is 0 Å². The van der Waals surface area contributed by atoms with Crippen molar-refractivity contribution >= 4 is 0 Å². The van der Waals surface area contributed by atoms with Crippen LogP contribution in [0.1, 0.15) is 25.1 Å². The van der Waals surface area contributed by atoms with Crippen LogP contribution < -0.4 is 10.1 Å². The van der Waals surface area contributed by atoms with Gasteiger partial charge in [-0.1, -0.05) is 5.92 Å². The van der Waals surface area contributed by atoms with E-state index in [1.54, 1.807) is 11.8 Å². The van der Waals surface area contributed by atoms with Crippen LogP contribution >= 0.6 is 0 Å². The van der Waals surface area contributed by atoms with Crippen LogP contribution in [0.3, 0.4) is 0 Å². The molecule has 0 aliphatic rings. The molecule has 0 bridgehead atoms. The first kappa shape index (κ1) is 12.6. The first-order chi connectivity index (χ1) is 7.41. The third-order valence-corrected chi connectivity index (χ3v) is 2.55. The fourth-order valence-electron chi connectivity index (χ4n) is 1.50. The van der Waals surface area contributed by atoms with E-state index in [2.05, 4.69) is 16.3 Å². The third-order valence-electron chi connectivity index (χ3n) is 2.55. The lowest BCUT2D eigenvalue weighted by Crippen LogP contribution is -2.37. The Kier molecular flexibility index (Phi) is 3.61. The Labute approximate surface area is 97.0 Å². The van der Waals surface area contributed by atoms with Crippen molar-refractivity contribution in [2.24, 2.45) is 7.05 Å². The normalized spacial score (nSPS) is 11.2. The third kappa shape index (κ3) is 2.56. The lowest BCUT2D eigenvalue weighted by molar-refractivity contribution is 0.365. The number of terminal acetylenes is 1. The Morgan fingerprint density at radius 2 is 2.19 bits per heavy atom. The van der Waals surface area contributed by atoms with Crippen LogP contribution in [-0.2, 0) is 13.6 Å². The van der Waals surface area contributed by atoms with Gasteiger partial charge in [-0.2, -0.15) is 5.10 Å². The van der Waals surface area contributed by atoms with Crippen LogP contribution in [0.25, 0.3) is 0 Å². The Hall–Kier alpha value is -1.47. The van der Waals surface area contributed by atoms with Crippen LogP contribution in [-0.4, -0.2) is 22.4 Å². The van der Waals surface area contributed by atoms with Gasteiger partial charge < -0.3 is 4.74 Å². The van der Waals surface area contributed by atoms with Crippen molar-refractivity contribution in [3.63, 3.8) is 0 Å². The summed E-state index contributed by atoms with van der Waals surface area (Å²) < 4.78 is 7.04. The van der Waals surface area contributed by atoms with Gasteiger partial charge in [-0.15, -0.1) is 6.42 Å². The topological polar surface area (TPSA) is 39.1 Å². The molecule has 0 aliphatic heterocycles. The maximum atomic E-state index is 5.42. The maximum absolute atomic E-state index is 5.42. The van der Waals surface area contributed by atoms with Gasteiger partial charge in [0.05, 0.1) is 23.9 Å². The SMILES string of the molecule is C#CC(C)(C)NCc1c(C)nn(C)c1OC. The molecule has 0 saturated carbocycles. The highest BCUT2D eigenvalue weighted by molar-refractivity contribution is 5.31. The first-order valence-corrected chi connectivity index (χ1v) is 5.20. The van der Waals surface area contributed by atoms with Crippen molar-refractivity contribution < 1.29 is 4.74 Å². The van der Waals surface area contributed by atoms with Gasteiger partial charge in [0, 0.05) is 13.6 Å². The number of methoxy groups -OCH3 is 1. The van der Waals surface area contributed by atoms with Crippen molar-refractivity contribution in [1.82, 2.24) is 15.1 Å². The van der Waals surface area contributed by atoms with E-state index in [1.807, 2.05) is 27.8 Å². The molecule has 0 aliphatic carbocycles. The van der Waals surface area contributed by atoms with Gasteiger partial charge in [0.1, 0.15) is 0 Å². The summed E-state index contributed by atoms with van der Waals surface area (Å²) in [5.74, 6) is 3.47. The monoisotopic (exact) mass is 221 g/mol. The fraction of sp³-hybridized carbons (Fsp3) is 0.583. The molecular formula is C12H19N3O. The summed E-state index contributed by atoms with van der Waals surface area (Å²) in [7, 11) is 3.51. The van der Waals surface area contributed by atoms with E-state index in [9.17, 15) is 0 Å². The molecule has 0 atom stereocenters. The van der Waals surface area contributed by atoms with E-state index in [1.165, 1.54) is 0 Å². The Bertz CT molecular complexity index is 413. The second kappa shape index (κ2) is 4.58. The molecule has 0 fully saturated rings. The molecule has 0 unspecified atom stereocenters. The number of nitrogens with zero attached hydrogens (tertiary/aromatic N) is 2. The van der Waals surface area contributed by atoms with Crippen molar-refractivity contribution in [3.8, 4) is 18.2 Å². The summed E-state index contributed by atoms with van der Waals surface area (Å²) in [5.41, 5.74) is 1.68. The molecule has 1 N–H and O–H groups in total. The summed E-state index contributed by atoms with van der Waals surface area (Å²) >= 11 is 0. The van der Waals surface area contributed by atoms with Gasteiger partial charge in [0.25, 0.3) is 0 Å². The van der Waals surface area contributed by atoms with Gasteiger partial charge in [-0.05, 0) is 20.8 Å². The molecule has 1 heterocycles. The minimum absolute atomic E-state index is 0.326. The maximum Gasteiger partial charge on any atom is 0.216 e. The molecule has 16 heavy (non-hydrogen) atoms. The number of nitrogens with one attached hydrogen (secondary N) is 1. The molecule has 4 heteroatoms. The summed E-state index contributed by atoms with van der Waals surface area (Å²) in [4.78, 5) is 0. The molecule has 4 nitrogen and oxygen atoms in total. The van der Waals surface area contributed by atoms with Crippen LogP contribution in [0.4, 0.5) is 0 Å². The van der Waals surface area contributed by atoms with E-state index < -0.39 is 0 Å². The van der Waals surface area contributed by atoms with Gasteiger partial charge >= 0.3 is 0 Å². The predicted octanol–water partition coefficient (Wildman–Crippen LogP) is 1.24. The molecule has 0 radical (unpaired) electrons. The Morgan fingerprint density at radius 3 is 2.69 bits per heavy atom. The number of hydrogen-bond donors (Lipinski definition) is 1. The van der Waals surface area contributed by atoms with Crippen molar-refractivity contribution in [3.05, 3.63) is 11.3 Å². The van der Waals surface area contributed by atoms with Crippen molar-refractivity contribution in [2.75, 3.05) is 7.11 Å². The zero-order chi connectivity index (χ0) is 12.3. The number of ether oxygens (including phenoxy) is 1. The summed E-state index contributed by atoms with van der Waals surface area (Å²) in [6.45, 7) is 6.54. The summed E-state index contributed by atoms with van der Waals surface area (Å²) in [6, 6.07) is 0. The summed E-state index contributed by atoms with van der Waals surface area (Å²) in [6.07, 6.45) is 5.42. The van der Waals surface area contributed by atoms with Gasteiger partial charge in [-0.25, -0.2) is 4.68 Å². The van der Waals surface area contributed by atoms with E-state index in [0.717, 1.165) is 17.1 Å². The minimum atomic E-state index is -0.326. The zero-order valence-corrected chi connectivity index (χ0v) is 10.6. The van der Waals surface area contributed by atoms with Crippen LogP contribution in [0.2, 0.25) is 0 Å². The van der Waals surface area contributed by atoms with Gasteiger partial charge in [-0.3, -0.25) is 5.32 Å². The zero-order valence-electron chi connectivity index (χ0n) is 10.6. The van der Waals surface area contributed by atoms with Crippen LogP contribution in [0.5, 0.6) is 5.88 Å². The highest BCUT2D eigenvalue weighted by atomic mass is 16.5. The molecule has 0 spiro atoms. The van der Waals surface area contributed by atoms with E-state index in [-0.39, 0.29) is 5.54 Å². The molecule has 0 saturated heterocycles. The average molecular weight is 221 g/mol. The number of aryl methyl sites for hydroxylation is 2. The number of hydrogen-bond acceptors (Lipinski definition) is 3. The standard InChI is InChI=1S/C12H19N3O/c1-7-12(3,4)13-8-10-9(2)14-15(5)11(10)16-6/h1,13H,8H2,2-6H3. The number of rotatable bonds is 4. The molecule has 88 valence electrons. The molecule has 1 rings (SSSR count). The smallest absolute Gasteiger partial charge is 0.216 e. The van der Waals surface area contributed by atoms with Gasteiger partial charge in [0.15, 0.2) is 0 Å². The van der Waals surface area contributed by atoms with E-state index in [4.69, 9.17) is 11.2 Å². The lowest BCUT2D eigenvalue weighted by atomic mass is 10.1. The average Bonchev–Trinajstić information content (AvgIpc) is 2.50. The number of aromatic nitrogens is 2. The minimum Gasteiger partial charge on any atom is -0.481 e. The second-order valence-electron chi connectivity index (χ2n) is 4.32.